The quantitative estimate of drug-likeness (QED) is 0.752. The van der Waals surface area contributed by atoms with Crippen LogP contribution in [-0.2, 0) is 11.3 Å². The van der Waals surface area contributed by atoms with Crippen molar-refractivity contribution in [3.8, 4) is 0 Å². The number of carboxylic acid groups (broad SMARTS) is 1. The van der Waals surface area contributed by atoms with E-state index in [0.717, 1.165) is 12.1 Å². The minimum atomic E-state index is -0.814. The molecule has 0 saturated carbocycles. The minimum Gasteiger partial charge on any atom is -0.481 e. The summed E-state index contributed by atoms with van der Waals surface area (Å²) >= 11 is 0. The first-order chi connectivity index (χ1) is 10.1. The monoisotopic (exact) mass is 290 g/mol. The van der Waals surface area contributed by atoms with E-state index in [0.29, 0.717) is 30.5 Å². The molecular weight excluding hydrogens is 272 g/mol. The van der Waals surface area contributed by atoms with Gasteiger partial charge in [0.1, 0.15) is 5.52 Å². The van der Waals surface area contributed by atoms with E-state index in [1.165, 1.54) is 0 Å². The number of amides is 1. The molecule has 0 atom stereocenters. The van der Waals surface area contributed by atoms with Crippen molar-refractivity contribution >= 4 is 22.9 Å². The first-order valence-corrected chi connectivity index (χ1v) is 6.95. The van der Waals surface area contributed by atoms with Crippen LogP contribution in [0.5, 0.6) is 0 Å². The van der Waals surface area contributed by atoms with Gasteiger partial charge in [-0.3, -0.25) is 9.59 Å². The highest BCUT2D eigenvalue weighted by atomic mass is 16.4. The Morgan fingerprint density at radius 1 is 1.33 bits per heavy atom. The van der Waals surface area contributed by atoms with Gasteiger partial charge < -0.3 is 10.4 Å². The first-order valence-electron chi connectivity index (χ1n) is 6.95. The van der Waals surface area contributed by atoms with Gasteiger partial charge in [-0.25, -0.2) is 4.68 Å². The van der Waals surface area contributed by atoms with Crippen molar-refractivity contribution in [2.24, 2.45) is 0 Å². The standard InChI is InChI=1S/C14H18N4O3/c1-2-18-12-7-6-10(9-11(12)16-17-18)14(21)15-8-4-3-5-13(19)20/h6-7,9H,2-5,8H2,1H3,(H,15,21)(H,19,20). The van der Waals surface area contributed by atoms with Crippen LogP contribution in [0, 0.1) is 0 Å². The number of hydrogen-bond acceptors (Lipinski definition) is 4. The Kier molecular flexibility index (Phi) is 4.86. The van der Waals surface area contributed by atoms with Gasteiger partial charge in [0.25, 0.3) is 5.91 Å². The lowest BCUT2D eigenvalue weighted by atomic mass is 10.1. The van der Waals surface area contributed by atoms with E-state index in [2.05, 4.69) is 15.6 Å². The summed E-state index contributed by atoms with van der Waals surface area (Å²) in [6.07, 6.45) is 1.33. The Labute approximate surface area is 121 Å². The molecule has 2 N–H and O–H groups in total. The number of carbonyl (C=O) groups is 2. The van der Waals surface area contributed by atoms with Crippen LogP contribution in [0.25, 0.3) is 11.0 Å². The van der Waals surface area contributed by atoms with Crippen LogP contribution in [0.1, 0.15) is 36.5 Å². The maximum Gasteiger partial charge on any atom is 0.303 e. The number of aliphatic carboxylic acids is 1. The van der Waals surface area contributed by atoms with Crippen molar-refractivity contribution in [3.05, 3.63) is 23.8 Å². The van der Waals surface area contributed by atoms with E-state index >= 15 is 0 Å². The van der Waals surface area contributed by atoms with Gasteiger partial charge >= 0.3 is 5.97 Å². The molecule has 0 aliphatic carbocycles. The number of fused-ring (bicyclic) bond motifs is 1. The molecular formula is C14H18N4O3. The average molecular weight is 290 g/mol. The van der Waals surface area contributed by atoms with Gasteiger partial charge in [0, 0.05) is 25.1 Å². The van der Waals surface area contributed by atoms with Crippen molar-refractivity contribution < 1.29 is 14.7 Å². The van der Waals surface area contributed by atoms with E-state index in [-0.39, 0.29) is 12.3 Å². The molecule has 0 saturated heterocycles. The third kappa shape index (κ3) is 3.77. The zero-order valence-corrected chi connectivity index (χ0v) is 11.9. The maximum atomic E-state index is 12.0. The van der Waals surface area contributed by atoms with E-state index in [9.17, 15) is 9.59 Å². The number of nitrogens with zero attached hydrogens (tertiary/aromatic N) is 3. The molecule has 1 aromatic carbocycles. The second-order valence-corrected chi connectivity index (χ2v) is 4.72. The maximum absolute atomic E-state index is 12.0. The molecule has 0 bridgehead atoms. The second-order valence-electron chi connectivity index (χ2n) is 4.72. The van der Waals surface area contributed by atoms with Crippen LogP contribution < -0.4 is 5.32 Å². The number of unbranched alkanes of at least 4 members (excludes halogenated alkanes) is 1. The summed E-state index contributed by atoms with van der Waals surface area (Å²) in [5.74, 6) is -0.996. The molecule has 0 radical (unpaired) electrons. The number of nitrogens with one attached hydrogen (secondary N) is 1. The van der Waals surface area contributed by atoms with Crippen molar-refractivity contribution in [1.82, 2.24) is 20.3 Å². The SMILES string of the molecule is CCn1nnc2cc(C(=O)NCCCCC(=O)O)ccc21. The van der Waals surface area contributed by atoms with E-state index in [1.807, 2.05) is 13.0 Å². The normalized spacial score (nSPS) is 10.7. The third-order valence-electron chi connectivity index (χ3n) is 3.18. The molecule has 1 amide bonds. The van der Waals surface area contributed by atoms with Crippen LogP contribution in [0.2, 0.25) is 0 Å². The zero-order valence-electron chi connectivity index (χ0n) is 11.9. The van der Waals surface area contributed by atoms with E-state index < -0.39 is 5.97 Å². The highest BCUT2D eigenvalue weighted by Crippen LogP contribution is 2.13. The highest BCUT2D eigenvalue weighted by Gasteiger charge is 2.09. The Morgan fingerprint density at radius 2 is 2.14 bits per heavy atom. The summed E-state index contributed by atoms with van der Waals surface area (Å²) in [4.78, 5) is 22.3. The molecule has 0 aliphatic rings. The number of benzene rings is 1. The number of rotatable bonds is 7. The largest absolute Gasteiger partial charge is 0.481 e. The van der Waals surface area contributed by atoms with E-state index in [4.69, 9.17) is 5.11 Å². The van der Waals surface area contributed by atoms with Crippen LogP contribution in [0.15, 0.2) is 18.2 Å². The minimum absolute atomic E-state index is 0.127. The van der Waals surface area contributed by atoms with Crippen molar-refractivity contribution in [3.63, 3.8) is 0 Å². The van der Waals surface area contributed by atoms with Gasteiger partial charge in [-0.15, -0.1) is 5.10 Å². The third-order valence-corrected chi connectivity index (χ3v) is 3.18. The molecule has 21 heavy (non-hydrogen) atoms. The fourth-order valence-electron chi connectivity index (χ4n) is 2.05. The fourth-order valence-corrected chi connectivity index (χ4v) is 2.05. The van der Waals surface area contributed by atoms with Gasteiger partial charge in [0.2, 0.25) is 0 Å². The van der Waals surface area contributed by atoms with Gasteiger partial charge in [-0.2, -0.15) is 0 Å². The Morgan fingerprint density at radius 3 is 2.86 bits per heavy atom. The molecule has 0 spiro atoms. The molecule has 0 unspecified atom stereocenters. The summed E-state index contributed by atoms with van der Waals surface area (Å²) in [6.45, 7) is 3.17. The number of carboxylic acids is 1. The van der Waals surface area contributed by atoms with Crippen LogP contribution >= 0.6 is 0 Å². The second kappa shape index (κ2) is 6.83. The van der Waals surface area contributed by atoms with Crippen molar-refractivity contribution in [2.45, 2.75) is 32.7 Å². The molecule has 1 heterocycles. The van der Waals surface area contributed by atoms with Crippen LogP contribution in [-0.4, -0.2) is 38.5 Å². The first kappa shape index (κ1) is 15.0. The lowest BCUT2D eigenvalue weighted by Gasteiger charge is -2.05. The van der Waals surface area contributed by atoms with Gasteiger partial charge in [-0.1, -0.05) is 5.21 Å². The molecule has 0 aliphatic heterocycles. The zero-order chi connectivity index (χ0) is 15.2. The summed E-state index contributed by atoms with van der Waals surface area (Å²) in [7, 11) is 0. The van der Waals surface area contributed by atoms with E-state index in [1.54, 1.807) is 16.8 Å². The summed E-state index contributed by atoms with van der Waals surface area (Å²) < 4.78 is 1.77. The van der Waals surface area contributed by atoms with Gasteiger partial charge in [-0.05, 0) is 38.0 Å². The molecule has 1 aromatic heterocycles. The predicted molar refractivity (Wildman–Crippen MR) is 77.0 cm³/mol. The van der Waals surface area contributed by atoms with Crippen LogP contribution in [0.3, 0.4) is 0 Å². The lowest BCUT2D eigenvalue weighted by molar-refractivity contribution is -0.137. The van der Waals surface area contributed by atoms with Gasteiger partial charge in [0.05, 0.1) is 5.52 Å². The highest BCUT2D eigenvalue weighted by molar-refractivity contribution is 5.97. The summed E-state index contributed by atoms with van der Waals surface area (Å²) in [5.41, 5.74) is 2.12. The average Bonchev–Trinajstić information content (AvgIpc) is 2.88. The summed E-state index contributed by atoms with van der Waals surface area (Å²) in [6, 6.07) is 5.28. The fraction of sp³-hybridized carbons (Fsp3) is 0.429. The smallest absolute Gasteiger partial charge is 0.303 e. The summed E-state index contributed by atoms with van der Waals surface area (Å²) in [5, 5.41) is 19.3. The molecule has 0 fully saturated rings. The molecule has 2 rings (SSSR count). The number of carbonyl (C=O) groups excluding carboxylic acids is 1. The van der Waals surface area contributed by atoms with Crippen molar-refractivity contribution in [1.29, 1.82) is 0 Å². The molecule has 7 nitrogen and oxygen atoms in total. The van der Waals surface area contributed by atoms with Crippen molar-refractivity contribution in [2.75, 3.05) is 6.54 Å². The molecule has 2 aromatic rings. The lowest BCUT2D eigenvalue weighted by Crippen LogP contribution is -2.24. The van der Waals surface area contributed by atoms with Crippen LogP contribution in [0.4, 0.5) is 0 Å². The Hall–Kier alpha value is -2.44. The number of aromatic nitrogens is 3. The number of hydrogen-bond donors (Lipinski definition) is 2. The Balaban J connectivity index is 1.92. The molecule has 7 heteroatoms. The topological polar surface area (TPSA) is 97.1 Å². The predicted octanol–water partition coefficient (Wildman–Crippen LogP) is 1.44. The Bertz CT molecular complexity index is 651. The molecule has 112 valence electrons. The number of aryl methyl sites for hydroxylation is 1. The van der Waals surface area contributed by atoms with Gasteiger partial charge in [0.15, 0.2) is 0 Å².